The van der Waals surface area contributed by atoms with Crippen LogP contribution in [0.4, 0.5) is 5.69 Å². The molecule has 3 aromatic rings. The second-order valence-electron chi connectivity index (χ2n) is 5.64. The normalized spacial score (nSPS) is 10.5. The van der Waals surface area contributed by atoms with Crippen LogP contribution in [0.15, 0.2) is 71.5 Å². The number of carbonyl (C=O) groups excluding carboxylic acids is 1. The Kier molecular flexibility index (Phi) is 5.56. The highest BCUT2D eigenvalue weighted by Gasteiger charge is 2.12. The summed E-state index contributed by atoms with van der Waals surface area (Å²) in [5, 5.41) is 7.00. The second kappa shape index (κ2) is 8.22. The number of hydrogen-bond acceptors (Lipinski definition) is 4. The van der Waals surface area contributed by atoms with Crippen LogP contribution in [0.2, 0.25) is 0 Å². The zero-order chi connectivity index (χ0) is 18.4. The molecule has 1 amide bonds. The lowest BCUT2D eigenvalue weighted by Crippen LogP contribution is -2.27. The fourth-order valence-electron chi connectivity index (χ4n) is 2.56. The van der Waals surface area contributed by atoms with E-state index >= 15 is 0 Å². The average molecular weight is 349 g/mol. The van der Waals surface area contributed by atoms with Crippen LogP contribution >= 0.6 is 0 Å². The molecule has 6 nitrogen and oxygen atoms in total. The van der Waals surface area contributed by atoms with Crippen LogP contribution in [0.3, 0.4) is 0 Å². The van der Waals surface area contributed by atoms with Crippen molar-refractivity contribution < 1.29 is 9.53 Å². The minimum Gasteiger partial charge on any atom is -0.383 e. The van der Waals surface area contributed by atoms with Crippen molar-refractivity contribution in [3.8, 4) is 11.1 Å². The molecule has 2 aromatic carbocycles. The minimum absolute atomic E-state index is 0.170. The first-order valence-corrected chi connectivity index (χ1v) is 8.22. The van der Waals surface area contributed by atoms with Gasteiger partial charge in [-0.3, -0.25) is 9.59 Å². The highest BCUT2D eigenvalue weighted by atomic mass is 16.5. The van der Waals surface area contributed by atoms with E-state index in [-0.39, 0.29) is 23.7 Å². The van der Waals surface area contributed by atoms with Crippen molar-refractivity contribution in [3.05, 3.63) is 82.8 Å². The lowest BCUT2D eigenvalue weighted by Gasteiger charge is -2.11. The Morgan fingerprint density at radius 3 is 2.54 bits per heavy atom. The van der Waals surface area contributed by atoms with E-state index in [2.05, 4.69) is 10.4 Å². The summed E-state index contributed by atoms with van der Waals surface area (Å²) in [5.74, 6) is -0.375. The maximum atomic E-state index is 12.6. The predicted molar refractivity (Wildman–Crippen MR) is 100 cm³/mol. The Bertz CT molecular complexity index is 952. The third-order valence-corrected chi connectivity index (χ3v) is 3.87. The molecule has 0 aliphatic heterocycles. The molecular weight excluding hydrogens is 330 g/mol. The largest absolute Gasteiger partial charge is 0.383 e. The molecule has 0 aliphatic carbocycles. The summed E-state index contributed by atoms with van der Waals surface area (Å²) in [4.78, 5) is 24.4. The number of carbonyl (C=O) groups is 1. The van der Waals surface area contributed by atoms with E-state index in [1.54, 1.807) is 7.11 Å². The number of amides is 1. The molecule has 0 unspecified atom stereocenters. The number of hydrogen-bond donors (Lipinski definition) is 1. The number of nitrogens with zero attached hydrogens (tertiary/aromatic N) is 2. The van der Waals surface area contributed by atoms with Crippen molar-refractivity contribution in [2.45, 2.75) is 6.54 Å². The van der Waals surface area contributed by atoms with E-state index in [1.807, 2.05) is 54.6 Å². The molecule has 0 bridgehead atoms. The highest BCUT2D eigenvalue weighted by Crippen LogP contribution is 2.27. The van der Waals surface area contributed by atoms with Gasteiger partial charge in [0, 0.05) is 24.4 Å². The molecule has 0 aliphatic rings. The molecule has 3 rings (SSSR count). The van der Waals surface area contributed by atoms with Crippen molar-refractivity contribution in [2.75, 3.05) is 19.0 Å². The van der Waals surface area contributed by atoms with Crippen LogP contribution in [0.1, 0.15) is 10.5 Å². The number of ether oxygens (including phenoxy) is 1. The Morgan fingerprint density at radius 2 is 1.77 bits per heavy atom. The molecule has 0 saturated carbocycles. The fraction of sp³-hybridized carbons (Fsp3) is 0.150. The number of rotatable bonds is 6. The van der Waals surface area contributed by atoms with Gasteiger partial charge in [0.25, 0.3) is 11.5 Å². The molecule has 0 atom stereocenters. The lowest BCUT2D eigenvalue weighted by molar-refractivity contribution is 0.101. The highest BCUT2D eigenvalue weighted by molar-refractivity contribution is 6.04. The van der Waals surface area contributed by atoms with Crippen molar-refractivity contribution >= 4 is 11.6 Å². The first-order chi connectivity index (χ1) is 12.7. The monoisotopic (exact) mass is 349 g/mol. The molecule has 1 aromatic heterocycles. The lowest BCUT2D eigenvalue weighted by atomic mass is 10.0. The molecule has 1 N–H and O–H groups in total. The number of anilines is 1. The van der Waals surface area contributed by atoms with E-state index in [4.69, 9.17) is 4.74 Å². The van der Waals surface area contributed by atoms with Gasteiger partial charge < -0.3 is 10.1 Å². The first-order valence-electron chi connectivity index (χ1n) is 8.22. The van der Waals surface area contributed by atoms with Crippen molar-refractivity contribution in [1.82, 2.24) is 9.78 Å². The van der Waals surface area contributed by atoms with E-state index in [1.165, 1.54) is 16.8 Å². The third-order valence-electron chi connectivity index (χ3n) is 3.87. The van der Waals surface area contributed by atoms with Gasteiger partial charge in [0.1, 0.15) is 5.69 Å². The van der Waals surface area contributed by atoms with E-state index in [9.17, 15) is 9.59 Å². The number of nitrogens with one attached hydrogen (secondary N) is 1. The molecule has 1 heterocycles. The van der Waals surface area contributed by atoms with Crippen molar-refractivity contribution in [2.24, 2.45) is 0 Å². The zero-order valence-electron chi connectivity index (χ0n) is 14.4. The minimum atomic E-state index is -0.375. The van der Waals surface area contributed by atoms with E-state index < -0.39 is 0 Å². The molecule has 0 saturated heterocycles. The third kappa shape index (κ3) is 4.04. The summed E-state index contributed by atoms with van der Waals surface area (Å²) in [7, 11) is 1.54. The Balaban J connectivity index is 1.86. The Labute approximate surface area is 151 Å². The molecule has 6 heteroatoms. The van der Waals surface area contributed by atoms with Crippen LogP contribution < -0.4 is 10.9 Å². The van der Waals surface area contributed by atoms with Gasteiger partial charge in [-0.2, -0.15) is 5.10 Å². The van der Waals surface area contributed by atoms with E-state index in [0.717, 1.165) is 11.1 Å². The molecule has 26 heavy (non-hydrogen) atoms. The van der Waals surface area contributed by atoms with Crippen LogP contribution in [-0.4, -0.2) is 29.4 Å². The second-order valence-corrected chi connectivity index (χ2v) is 5.64. The molecule has 0 spiro atoms. The van der Waals surface area contributed by atoms with Crippen LogP contribution in [-0.2, 0) is 11.3 Å². The van der Waals surface area contributed by atoms with Crippen LogP contribution in [0.25, 0.3) is 11.1 Å². The van der Waals surface area contributed by atoms with Gasteiger partial charge in [0.05, 0.1) is 13.2 Å². The van der Waals surface area contributed by atoms with Gasteiger partial charge in [-0.15, -0.1) is 0 Å². The van der Waals surface area contributed by atoms with Gasteiger partial charge in [-0.25, -0.2) is 4.68 Å². The summed E-state index contributed by atoms with van der Waals surface area (Å²) >= 11 is 0. The van der Waals surface area contributed by atoms with Crippen molar-refractivity contribution in [3.63, 3.8) is 0 Å². The molecular formula is C20H19N3O3. The van der Waals surface area contributed by atoms with Crippen molar-refractivity contribution in [1.29, 1.82) is 0 Å². The fourth-order valence-corrected chi connectivity index (χ4v) is 2.56. The van der Waals surface area contributed by atoms with E-state index in [0.29, 0.717) is 12.3 Å². The number of benzene rings is 2. The molecule has 0 fully saturated rings. The maximum Gasteiger partial charge on any atom is 0.276 e. The summed E-state index contributed by atoms with van der Waals surface area (Å²) in [6.45, 7) is 0.631. The summed E-state index contributed by atoms with van der Waals surface area (Å²) in [6, 6.07) is 20.1. The summed E-state index contributed by atoms with van der Waals surface area (Å²) in [5.41, 5.74) is 2.49. The molecule has 132 valence electrons. The van der Waals surface area contributed by atoms with Crippen LogP contribution in [0, 0.1) is 0 Å². The Morgan fingerprint density at radius 1 is 1.04 bits per heavy atom. The quantitative estimate of drug-likeness (QED) is 0.743. The number of para-hydroxylation sites is 1. The van der Waals surface area contributed by atoms with Gasteiger partial charge in [0.2, 0.25) is 0 Å². The van der Waals surface area contributed by atoms with Gasteiger partial charge in [-0.05, 0) is 17.7 Å². The average Bonchev–Trinajstić information content (AvgIpc) is 2.68. The Hall–Kier alpha value is -3.25. The SMILES string of the molecule is COCCn1nc(C(=O)Nc2ccccc2-c2ccccc2)ccc1=O. The summed E-state index contributed by atoms with van der Waals surface area (Å²) < 4.78 is 6.18. The smallest absolute Gasteiger partial charge is 0.276 e. The summed E-state index contributed by atoms with van der Waals surface area (Å²) in [6.07, 6.45) is 0. The van der Waals surface area contributed by atoms with Gasteiger partial charge in [0.15, 0.2) is 0 Å². The number of methoxy groups -OCH3 is 1. The van der Waals surface area contributed by atoms with Gasteiger partial charge in [-0.1, -0.05) is 48.5 Å². The number of aromatic nitrogens is 2. The van der Waals surface area contributed by atoms with Crippen LogP contribution in [0.5, 0.6) is 0 Å². The standard InChI is InChI=1S/C20H19N3O3/c1-26-14-13-23-19(24)12-11-18(22-23)20(25)21-17-10-6-5-9-16(17)15-7-3-2-4-8-15/h2-12H,13-14H2,1H3,(H,21,25). The molecule has 0 radical (unpaired) electrons. The zero-order valence-corrected chi connectivity index (χ0v) is 14.4. The predicted octanol–water partition coefficient (Wildman–Crippen LogP) is 2.81. The van der Waals surface area contributed by atoms with Gasteiger partial charge >= 0.3 is 0 Å². The maximum absolute atomic E-state index is 12.6. The topological polar surface area (TPSA) is 73.2 Å². The first kappa shape index (κ1) is 17.6.